The number of aliphatic hydroxyl groups is 1. The SMILES string of the molecule is O=C(O)[C@@H]1CC(=O)N(CCO)[C@@H]1c1ccccc1. The highest BCUT2D eigenvalue weighted by atomic mass is 16.4. The van der Waals surface area contributed by atoms with E-state index < -0.39 is 17.9 Å². The van der Waals surface area contributed by atoms with Gasteiger partial charge in [0.15, 0.2) is 0 Å². The molecule has 1 aliphatic rings. The first-order chi connectivity index (χ1) is 8.65. The van der Waals surface area contributed by atoms with Crippen LogP contribution >= 0.6 is 0 Å². The number of carboxylic acids is 1. The van der Waals surface area contributed by atoms with Crippen molar-refractivity contribution in [1.82, 2.24) is 4.90 Å². The largest absolute Gasteiger partial charge is 0.481 e. The fourth-order valence-corrected chi connectivity index (χ4v) is 2.45. The topological polar surface area (TPSA) is 77.8 Å². The van der Waals surface area contributed by atoms with E-state index in [2.05, 4.69) is 0 Å². The molecule has 0 radical (unpaired) electrons. The number of hydrogen-bond donors (Lipinski definition) is 2. The first kappa shape index (κ1) is 12.6. The molecular weight excluding hydrogens is 234 g/mol. The van der Waals surface area contributed by atoms with Crippen LogP contribution in [0.1, 0.15) is 18.0 Å². The average molecular weight is 249 g/mol. The van der Waals surface area contributed by atoms with E-state index in [0.29, 0.717) is 0 Å². The van der Waals surface area contributed by atoms with Crippen molar-refractivity contribution < 1.29 is 19.8 Å². The van der Waals surface area contributed by atoms with Crippen LogP contribution in [0.15, 0.2) is 30.3 Å². The summed E-state index contributed by atoms with van der Waals surface area (Å²) in [5, 5.41) is 18.2. The Labute approximate surface area is 105 Å². The van der Waals surface area contributed by atoms with E-state index in [1.807, 2.05) is 30.3 Å². The number of hydrogen-bond acceptors (Lipinski definition) is 3. The smallest absolute Gasteiger partial charge is 0.309 e. The van der Waals surface area contributed by atoms with Crippen LogP contribution < -0.4 is 0 Å². The van der Waals surface area contributed by atoms with Crippen LogP contribution in [0, 0.1) is 5.92 Å². The molecule has 0 bridgehead atoms. The van der Waals surface area contributed by atoms with Crippen molar-refractivity contribution in [3.63, 3.8) is 0 Å². The van der Waals surface area contributed by atoms with Crippen LogP contribution in [0.2, 0.25) is 0 Å². The van der Waals surface area contributed by atoms with Crippen LogP contribution in [0.25, 0.3) is 0 Å². The Hall–Kier alpha value is -1.88. The van der Waals surface area contributed by atoms with Gasteiger partial charge in [0.25, 0.3) is 0 Å². The summed E-state index contributed by atoms with van der Waals surface area (Å²) in [5.74, 6) is -1.94. The molecule has 96 valence electrons. The van der Waals surface area contributed by atoms with E-state index in [1.54, 1.807) is 0 Å². The van der Waals surface area contributed by atoms with E-state index in [-0.39, 0.29) is 25.5 Å². The quantitative estimate of drug-likeness (QED) is 0.821. The minimum absolute atomic E-state index is 0.00507. The van der Waals surface area contributed by atoms with Gasteiger partial charge in [0, 0.05) is 13.0 Å². The third-order valence-electron chi connectivity index (χ3n) is 3.23. The van der Waals surface area contributed by atoms with E-state index in [0.717, 1.165) is 5.56 Å². The maximum atomic E-state index is 11.8. The van der Waals surface area contributed by atoms with Crippen molar-refractivity contribution in [2.24, 2.45) is 5.92 Å². The molecule has 5 heteroatoms. The lowest BCUT2D eigenvalue weighted by molar-refractivity contribution is -0.142. The average Bonchev–Trinajstić information content (AvgIpc) is 2.69. The Balaban J connectivity index is 2.36. The van der Waals surface area contributed by atoms with Crippen molar-refractivity contribution in [2.75, 3.05) is 13.2 Å². The standard InChI is InChI=1S/C13H15NO4/c15-7-6-14-11(16)8-10(13(17)18)12(14)9-4-2-1-3-5-9/h1-5,10,12,15H,6-8H2,(H,17,18)/t10-,12-/m1/s1. The van der Waals surface area contributed by atoms with E-state index in [1.165, 1.54) is 4.90 Å². The van der Waals surface area contributed by atoms with E-state index in [4.69, 9.17) is 5.11 Å². The molecule has 1 fully saturated rings. The number of β-amino-alcohol motifs (C(OH)–C–C–N with tert-alkyl or cyclic N) is 1. The first-order valence-corrected chi connectivity index (χ1v) is 5.83. The van der Waals surface area contributed by atoms with Crippen LogP contribution in [-0.4, -0.2) is 40.1 Å². The van der Waals surface area contributed by atoms with Crippen molar-refractivity contribution >= 4 is 11.9 Å². The molecule has 2 atom stereocenters. The summed E-state index contributed by atoms with van der Waals surface area (Å²) in [6.07, 6.45) is -0.00507. The number of likely N-dealkylation sites (tertiary alicyclic amines) is 1. The summed E-state index contributed by atoms with van der Waals surface area (Å²) in [5.41, 5.74) is 0.796. The van der Waals surface area contributed by atoms with Crippen molar-refractivity contribution in [1.29, 1.82) is 0 Å². The van der Waals surface area contributed by atoms with Crippen LogP contribution in [0.4, 0.5) is 0 Å². The predicted molar refractivity (Wildman–Crippen MR) is 63.7 cm³/mol. The Morgan fingerprint density at radius 2 is 2.00 bits per heavy atom. The molecule has 1 aromatic rings. The van der Waals surface area contributed by atoms with Gasteiger partial charge in [-0.1, -0.05) is 30.3 Å². The summed E-state index contributed by atoms with van der Waals surface area (Å²) in [6, 6.07) is 8.60. The third-order valence-corrected chi connectivity index (χ3v) is 3.23. The van der Waals surface area contributed by atoms with Gasteiger partial charge in [-0.2, -0.15) is 0 Å². The molecular formula is C13H15NO4. The molecule has 1 heterocycles. The summed E-state index contributed by atoms with van der Waals surface area (Å²) in [7, 11) is 0. The number of benzene rings is 1. The Morgan fingerprint density at radius 3 is 2.56 bits per heavy atom. The maximum absolute atomic E-state index is 11.8. The number of amides is 1. The highest BCUT2D eigenvalue weighted by molar-refractivity contribution is 5.87. The summed E-state index contributed by atoms with van der Waals surface area (Å²) in [4.78, 5) is 24.5. The minimum atomic E-state index is -0.974. The molecule has 0 aromatic heterocycles. The molecule has 1 saturated heterocycles. The number of nitrogens with zero attached hydrogens (tertiary/aromatic N) is 1. The number of rotatable bonds is 4. The lowest BCUT2D eigenvalue weighted by Crippen LogP contribution is -2.32. The molecule has 5 nitrogen and oxygen atoms in total. The number of aliphatic hydroxyl groups excluding tert-OH is 1. The van der Waals surface area contributed by atoms with Gasteiger partial charge in [0.2, 0.25) is 5.91 Å². The van der Waals surface area contributed by atoms with Crippen LogP contribution in [0.5, 0.6) is 0 Å². The second-order valence-electron chi connectivity index (χ2n) is 4.32. The molecule has 0 saturated carbocycles. The number of carbonyl (C=O) groups excluding carboxylic acids is 1. The van der Waals surface area contributed by atoms with E-state index in [9.17, 15) is 14.7 Å². The molecule has 1 aromatic carbocycles. The fourth-order valence-electron chi connectivity index (χ4n) is 2.45. The van der Waals surface area contributed by atoms with Gasteiger partial charge in [0.05, 0.1) is 18.6 Å². The second kappa shape index (κ2) is 5.18. The number of carboxylic acid groups (broad SMARTS) is 1. The van der Waals surface area contributed by atoms with Crippen LogP contribution in [0.3, 0.4) is 0 Å². The Kier molecular flexibility index (Phi) is 3.62. The monoisotopic (exact) mass is 249 g/mol. The highest BCUT2D eigenvalue weighted by Crippen LogP contribution is 2.37. The Morgan fingerprint density at radius 1 is 1.33 bits per heavy atom. The lowest BCUT2D eigenvalue weighted by Gasteiger charge is -2.26. The molecule has 0 spiro atoms. The zero-order valence-electron chi connectivity index (χ0n) is 9.82. The van der Waals surface area contributed by atoms with Gasteiger partial charge in [-0.3, -0.25) is 9.59 Å². The molecule has 18 heavy (non-hydrogen) atoms. The Bertz CT molecular complexity index is 446. The summed E-state index contributed by atoms with van der Waals surface area (Å²) in [6.45, 7) is 0.00356. The normalized spacial score (nSPS) is 23.4. The number of aliphatic carboxylic acids is 1. The zero-order valence-corrected chi connectivity index (χ0v) is 9.82. The van der Waals surface area contributed by atoms with Gasteiger partial charge in [0.1, 0.15) is 0 Å². The van der Waals surface area contributed by atoms with Gasteiger partial charge in [-0.05, 0) is 5.56 Å². The fraction of sp³-hybridized carbons (Fsp3) is 0.385. The number of carbonyl (C=O) groups is 2. The maximum Gasteiger partial charge on any atom is 0.309 e. The van der Waals surface area contributed by atoms with Gasteiger partial charge >= 0.3 is 5.97 Å². The van der Waals surface area contributed by atoms with Crippen molar-refractivity contribution in [3.8, 4) is 0 Å². The summed E-state index contributed by atoms with van der Waals surface area (Å²) >= 11 is 0. The highest BCUT2D eigenvalue weighted by Gasteiger charge is 2.44. The van der Waals surface area contributed by atoms with Crippen LogP contribution in [-0.2, 0) is 9.59 Å². The second-order valence-corrected chi connectivity index (χ2v) is 4.32. The van der Waals surface area contributed by atoms with Crippen molar-refractivity contribution in [2.45, 2.75) is 12.5 Å². The molecule has 0 unspecified atom stereocenters. The lowest BCUT2D eigenvalue weighted by atomic mass is 9.94. The van der Waals surface area contributed by atoms with Crippen molar-refractivity contribution in [3.05, 3.63) is 35.9 Å². The zero-order chi connectivity index (χ0) is 13.1. The summed E-state index contributed by atoms with van der Waals surface area (Å²) < 4.78 is 0. The van der Waals surface area contributed by atoms with Gasteiger partial charge in [-0.15, -0.1) is 0 Å². The molecule has 0 aliphatic carbocycles. The third kappa shape index (κ3) is 2.22. The molecule has 1 amide bonds. The van der Waals surface area contributed by atoms with E-state index >= 15 is 0 Å². The molecule has 1 aliphatic heterocycles. The van der Waals surface area contributed by atoms with Gasteiger partial charge < -0.3 is 15.1 Å². The van der Waals surface area contributed by atoms with Gasteiger partial charge in [-0.25, -0.2) is 0 Å². The predicted octanol–water partition coefficient (Wildman–Crippen LogP) is 0.653. The minimum Gasteiger partial charge on any atom is -0.481 e. The first-order valence-electron chi connectivity index (χ1n) is 5.83. The molecule has 2 N–H and O–H groups in total. The molecule has 2 rings (SSSR count).